The van der Waals surface area contributed by atoms with E-state index in [9.17, 15) is 4.39 Å². The molecule has 2 heterocycles. The Morgan fingerprint density at radius 3 is 2.42 bits per heavy atom. The van der Waals surface area contributed by atoms with Crippen LogP contribution in [0.4, 0.5) is 4.39 Å². The van der Waals surface area contributed by atoms with E-state index in [2.05, 4.69) is 15.9 Å². The van der Waals surface area contributed by atoms with Crippen LogP contribution in [0.3, 0.4) is 0 Å². The highest BCUT2D eigenvalue weighted by Crippen LogP contribution is 2.31. The van der Waals surface area contributed by atoms with Gasteiger partial charge in [-0.25, -0.2) is 14.4 Å². The average molecular weight is 406 g/mol. The zero-order valence-corrected chi connectivity index (χ0v) is 15.2. The molecule has 0 spiro atoms. The third kappa shape index (κ3) is 2.39. The largest absolute Gasteiger partial charge is 0.319 e. The van der Waals surface area contributed by atoms with Gasteiger partial charge in [-0.1, -0.05) is 46.3 Å². The SMILES string of the molecule is Fc1ccccc1Cn1c2ccc(Br)cc2c2nc3ccccc3nc21. The summed E-state index contributed by atoms with van der Waals surface area (Å²) >= 11 is 3.54. The van der Waals surface area contributed by atoms with Crippen molar-refractivity contribution in [1.29, 1.82) is 0 Å². The molecule has 0 atom stereocenters. The summed E-state index contributed by atoms with van der Waals surface area (Å²) in [6.45, 7) is 0.404. The number of halogens is 2. The Morgan fingerprint density at radius 1 is 0.885 bits per heavy atom. The Labute approximate surface area is 157 Å². The second-order valence-corrected chi connectivity index (χ2v) is 7.14. The molecule has 5 heteroatoms. The summed E-state index contributed by atoms with van der Waals surface area (Å²) in [5, 5.41) is 1.00. The smallest absolute Gasteiger partial charge is 0.160 e. The first-order chi connectivity index (χ1) is 12.7. The van der Waals surface area contributed by atoms with Crippen molar-refractivity contribution in [2.24, 2.45) is 0 Å². The van der Waals surface area contributed by atoms with Crippen LogP contribution in [-0.4, -0.2) is 14.5 Å². The van der Waals surface area contributed by atoms with Crippen molar-refractivity contribution >= 4 is 49.0 Å². The summed E-state index contributed by atoms with van der Waals surface area (Å²) in [4.78, 5) is 9.67. The highest BCUT2D eigenvalue weighted by atomic mass is 79.9. The van der Waals surface area contributed by atoms with E-state index in [0.717, 1.165) is 37.6 Å². The van der Waals surface area contributed by atoms with E-state index >= 15 is 0 Å². The van der Waals surface area contributed by atoms with Gasteiger partial charge >= 0.3 is 0 Å². The van der Waals surface area contributed by atoms with Crippen LogP contribution >= 0.6 is 15.9 Å². The van der Waals surface area contributed by atoms with E-state index in [4.69, 9.17) is 9.97 Å². The molecule has 3 aromatic carbocycles. The molecule has 0 unspecified atom stereocenters. The van der Waals surface area contributed by atoms with Crippen LogP contribution in [0.5, 0.6) is 0 Å². The van der Waals surface area contributed by atoms with Gasteiger partial charge in [-0.15, -0.1) is 0 Å². The van der Waals surface area contributed by atoms with Crippen LogP contribution in [0.25, 0.3) is 33.1 Å². The third-order valence-corrected chi connectivity index (χ3v) is 5.09. The first-order valence-corrected chi connectivity index (χ1v) is 9.08. The fourth-order valence-corrected chi connectivity index (χ4v) is 3.73. The van der Waals surface area contributed by atoms with Gasteiger partial charge in [-0.3, -0.25) is 0 Å². The number of aromatic nitrogens is 3. The number of nitrogens with zero attached hydrogens (tertiary/aromatic N) is 3. The zero-order chi connectivity index (χ0) is 17.7. The van der Waals surface area contributed by atoms with Gasteiger partial charge in [0.1, 0.15) is 11.3 Å². The minimum absolute atomic E-state index is 0.214. The Morgan fingerprint density at radius 2 is 1.62 bits per heavy atom. The van der Waals surface area contributed by atoms with E-state index < -0.39 is 0 Å². The van der Waals surface area contributed by atoms with Crippen LogP contribution in [0.2, 0.25) is 0 Å². The van der Waals surface area contributed by atoms with Crippen molar-refractivity contribution in [2.45, 2.75) is 6.54 Å². The number of hydrogen-bond acceptors (Lipinski definition) is 2. The van der Waals surface area contributed by atoms with Gasteiger partial charge < -0.3 is 4.57 Å². The fourth-order valence-electron chi connectivity index (χ4n) is 3.36. The van der Waals surface area contributed by atoms with Crippen molar-refractivity contribution in [3.8, 4) is 0 Å². The third-order valence-electron chi connectivity index (χ3n) is 4.60. The molecule has 0 fully saturated rings. The molecule has 0 aliphatic carbocycles. The van der Waals surface area contributed by atoms with Gasteiger partial charge in [0.25, 0.3) is 0 Å². The summed E-state index contributed by atoms with van der Waals surface area (Å²) in [5.41, 5.74) is 4.89. The lowest BCUT2D eigenvalue weighted by atomic mass is 10.2. The van der Waals surface area contributed by atoms with Gasteiger partial charge in [0.15, 0.2) is 5.65 Å². The van der Waals surface area contributed by atoms with Crippen LogP contribution in [0, 0.1) is 5.82 Å². The van der Waals surface area contributed by atoms with E-state index in [1.807, 2.05) is 53.1 Å². The molecule has 126 valence electrons. The van der Waals surface area contributed by atoms with E-state index in [1.165, 1.54) is 6.07 Å². The highest BCUT2D eigenvalue weighted by Gasteiger charge is 2.16. The zero-order valence-electron chi connectivity index (χ0n) is 13.7. The van der Waals surface area contributed by atoms with Crippen molar-refractivity contribution in [3.63, 3.8) is 0 Å². The van der Waals surface area contributed by atoms with Crippen molar-refractivity contribution in [2.75, 3.05) is 0 Å². The van der Waals surface area contributed by atoms with Crippen LogP contribution < -0.4 is 0 Å². The number of hydrogen-bond donors (Lipinski definition) is 0. The maximum absolute atomic E-state index is 14.2. The highest BCUT2D eigenvalue weighted by molar-refractivity contribution is 9.10. The Balaban J connectivity index is 1.87. The lowest BCUT2D eigenvalue weighted by Gasteiger charge is -2.08. The lowest BCUT2D eigenvalue weighted by molar-refractivity contribution is 0.603. The van der Waals surface area contributed by atoms with Gasteiger partial charge in [-0.2, -0.15) is 0 Å². The minimum atomic E-state index is -0.214. The molecule has 0 N–H and O–H groups in total. The lowest BCUT2D eigenvalue weighted by Crippen LogP contribution is -2.03. The summed E-state index contributed by atoms with van der Waals surface area (Å²) in [5.74, 6) is -0.214. The van der Waals surface area contributed by atoms with Crippen LogP contribution in [0.1, 0.15) is 5.56 Å². The Kier molecular flexibility index (Phi) is 3.50. The molecule has 5 rings (SSSR count). The number of benzene rings is 3. The summed E-state index contributed by atoms with van der Waals surface area (Å²) in [7, 11) is 0. The van der Waals surface area contributed by atoms with Crippen LogP contribution in [-0.2, 0) is 6.54 Å². The Hall–Kier alpha value is -2.79. The molecule has 0 radical (unpaired) electrons. The van der Waals surface area contributed by atoms with Crippen molar-refractivity contribution in [3.05, 3.63) is 82.6 Å². The molecule has 2 aromatic heterocycles. The van der Waals surface area contributed by atoms with Gasteiger partial charge in [0, 0.05) is 15.4 Å². The summed E-state index contributed by atoms with van der Waals surface area (Å²) in [6.07, 6.45) is 0. The molecule has 0 bridgehead atoms. The minimum Gasteiger partial charge on any atom is -0.319 e. The Bertz CT molecular complexity index is 1290. The molecular weight excluding hydrogens is 393 g/mol. The molecule has 0 saturated heterocycles. The predicted octanol–water partition coefficient (Wildman–Crippen LogP) is 5.69. The standard InChI is InChI=1S/C21H13BrFN3/c22-14-9-10-19-15(11-14)20-21(25-18-8-4-3-7-17(18)24-20)26(19)12-13-5-1-2-6-16(13)23/h1-11H,12H2. The topological polar surface area (TPSA) is 30.7 Å². The molecule has 0 aliphatic heterocycles. The quantitative estimate of drug-likeness (QED) is 0.377. The maximum atomic E-state index is 14.2. The maximum Gasteiger partial charge on any atom is 0.160 e. The van der Waals surface area contributed by atoms with E-state index in [0.29, 0.717) is 12.1 Å². The van der Waals surface area contributed by atoms with Crippen LogP contribution in [0.15, 0.2) is 71.2 Å². The molecular formula is C21H13BrFN3. The second kappa shape index (κ2) is 5.88. The van der Waals surface area contributed by atoms with Gasteiger partial charge in [0.2, 0.25) is 0 Å². The average Bonchev–Trinajstić information content (AvgIpc) is 2.94. The summed E-state index contributed by atoms with van der Waals surface area (Å²) < 4.78 is 17.3. The monoisotopic (exact) mass is 405 g/mol. The predicted molar refractivity (Wildman–Crippen MR) is 106 cm³/mol. The molecule has 0 amide bonds. The molecule has 0 aliphatic rings. The molecule has 26 heavy (non-hydrogen) atoms. The second-order valence-electron chi connectivity index (χ2n) is 6.22. The fraction of sp³-hybridized carbons (Fsp3) is 0.0476. The van der Waals surface area contributed by atoms with Gasteiger partial charge in [-0.05, 0) is 36.4 Å². The first-order valence-electron chi connectivity index (χ1n) is 8.28. The number of rotatable bonds is 2. The molecule has 5 aromatic rings. The molecule has 0 saturated carbocycles. The summed E-state index contributed by atoms with van der Waals surface area (Å²) in [6, 6.07) is 20.7. The van der Waals surface area contributed by atoms with E-state index in [-0.39, 0.29) is 5.82 Å². The van der Waals surface area contributed by atoms with Gasteiger partial charge in [0.05, 0.1) is 23.1 Å². The first kappa shape index (κ1) is 15.5. The molecule has 3 nitrogen and oxygen atoms in total. The normalized spacial score (nSPS) is 11.6. The number of fused-ring (bicyclic) bond motifs is 4. The van der Waals surface area contributed by atoms with Crippen molar-refractivity contribution < 1.29 is 4.39 Å². The van der Waals surface area contributed by atoms with Crippen molar-refractivity contribution in [1.82, 2.24) is 14.5 Å². The van der Waals surface area contributed by atoms with E-state index in [1.54, 1.807) is 12.1 Å². The number of para-hydroxylation sites is 2.